The van der Waals surface area contributed by atoms with Crippen LogP contribution in [0.1, 0.15) is 0 Å². The Morgan fingerprint density at radius 3 is 2.88 bits per heavy atom. The molecule has 1 heterocycles. The third-order valence-corrected chi connectivity index (χ3v) is 3.33. The fraction of sp³-hybridized carbons (Fsp3) is 0.364. The summed E-state index contributed by atoms with van der Waals surface area (Å²) >= 11 is 7.63. The highest BCUT2D eigenvalue weighted by molar-refractivity contribution is 9.10. The number of nitrogens with zero attached hydrogens (tertiary/aromatic N) is 2. The molecule has 0 saturated carbocycles. The lowest BCUT2D eigenvalue weighted by Crippen LogP contribution is -2.45. The van der Waals surface area contributed by atoms with Crippen molar-refractivity contribution >= 4 is 45.8 Å². The van der Waals surface area contributed by atoms with E-state index in [2.05, 4.69) is 28.6 Å². The Kier molecular flexibility index (Phi) is 3.44. The molecule has 0 unspecified atom stereocenters. The van der Waals surface area contributed by atoms with Crippen molar-refractivity contribution in [3.63, 3.8) is 0 Å². The number of likely N-dealkylation sites (N-methyl/N-ethyl adjacent to an activating group) is 1. The van der Waals surface area contributed by atoms with Crippen molar-refractivity contribution in [1.29, 1.82) is 0 Å². The largest absolute Gasteiger partial charge is 0.364 e. The molecule has 0 aliphatic carbocycles. The lowest BCUT2D eigenvalue weighted by molar-refractivity contribution is -0.117. The predicted octanol–water partition coefficient (Wildman–Crippen LogP) is 2.16. The van der Waals surface area contributed by atoms with E-state index in [0.717, 1.165) is 15.8 Å². The van der Waals surface area contributed by atoms with Crippen LogP contribution in [0.2, 0.25) is 0 Å². The number of halogens is 1. The number of thiol groups is 1. The Balaban J connectivity index is 2.47. The second-order valence-electron chi connectivity index (χ2n) is 3.76. The molecule has 0 bridgehead atoms. The topological polar surface area (TPSA) is 23.6 Å². The predicted molar refractivity (Wildman–Crippen MR) is 73.6 cm³/mol. The van der Waals surface area contributed by atoms with Crippen LogP contribution in [0, 0.1) is 0 Å². The molecule has 1 aliphatic rings. The first-order chi connectivity index (χ1) is 7.63. The molecular formula is C11H13BrN2OS. The van der Waals surface area contributed by atoms with E-state index in [1.54, 1.807) is 4.90 Å². The minimum atomic E-state index is 0.127. The van der Waals surface area contributed by atoms with Crippen LogP contribution in [0.5, 0.6) is 0 Å². The first-order valence-electron chi connectivity index (χ1n) is 5.05. The maximum Gasteiger partial charge on any atom is 0.246 e. The molecule has 0 N–H and O–H groups in total. The standard InChI is InChI=1S/C11H13BrN2OS/c1-13-7-11(15)14(4-5-16)10-6-8(12)2-3-9(10)13/h2-3,6,16H,4-5,7H2,1H3. The molecule has 5 heteroatoms. The van der Waals surface area contributed by atoms with Gasteiger partial charge in [0.15, 0.2) is 0 Å². The zero-order valence-corrected chi connectivity index (χ0v) is 11.5. The Morgan fingerprint density at radius 1 is 1.44 bits per heavy atom. The van der Waals surface area contributed by atoms with Crippen LogP contribution in [0.3, 0.4) is 0 Å². The number of amides is 1. The fourth-order valence-corrected chi connectivity index (χ4v) is 2.44. The Hall–Kier alpha value is -0.680. The van der Waals surface area contributed by atoms with Crippen molar-refractivity contribution in [1.82, 2.24) is 0 Å². The van der Waals surface area contributed by atoms with Crippen LogP contribution in [-0.4, -0.2) is 31.8 Å². The average molecular weight is 301 g/mol. The fourth-order valence-electron chi connectivity index (χ4n) is 1.89. The molecule has 1 amide bonds. The number of anilines is 2. The number of carbonyl (C=O) groups is 1. The van der Waals surface area contributed by atoms with Gasteiger partial charge in [-0.25, -0.2) is 0 Å². The van der Waals surface area contributed by atoms with E-state index in [4.69, 9.17) is 0 Å². The quantitative estimate of drug-likeness (QED) is 0.846. The molecule has 0 aromatic heterocycles. The van der Waals surface area contributed by atoms with Crippen LogP contribution in [0.4, 0.5) is 11.4 Å². The number of carbonyl (C=O) groups excluding carboxylic acids is 1. The van der Waals surface area contributed by atoms with Gasteiger partial charge in [0, 0.05) is 23.8 Å². The molecular weight excluding hydrogens is 288 g/mol. The van der Waals surface area contributed by atoms with E-state index >= 15 is 0 Å². The summed E-state index contributed by atoms with van der Waals surface area (Å²) in [5, 5.41) is 0. The number of rotatable bonds is 2. The maximum absolute atomic E-state index is 11.9. The van der Waals surface area contributed by atoms with E-state index < -0.39 is 0 Å². The van der Waals surface area contributed by atoms with E-state index in [1.165, 1.54) is 0 Å². The van der Waals surface area contributed by atoms with Crippen molar-refractivity contribution in [2.75, 3.05) is 35.7 Å². The lowest BCUT2D eigenvalue weighted by atomic mass is 10.1. The zero-order valence-electron chi connectivity index (χ0n) is 8.98. The highest BCUT2D eigenvalue weighted by atomic mass is 79.9. The normalized spacial score (nSPS) is 15.3. The highest BCUT2D eigenvalue weighted by Gasteiger charge is 2.26. The molecule has 0 spiro atoms. The molecule has 16 heavy (non-hydrogen) atoms. The molecule has 0 radical (unpaired) electrons. The zero-order chi connectivity index (χ0) is 11.7. The molecule has 86 valence electrons. The molecule has 0 saturated heterocycles. The molecule has 0 fully saturated rings. The monoisotopic (exact) mass is 300 g/mol. The number of benzene rings is 1. The van der Waals surface area contributed by atoms with Gasteiger partial charge in [0.05, 0.1) is 17.9 Å². The summed E-state index contributed by atoms with van der Waals surface area (Å²) < 4.78 is 0.985. The molecule has 1 aromatic carbocycles. The summed E-state index contributed by atoms with van der Waals surface area (Å²) in [4.78, 5) is 15.7. The van der Waals surface area contributed by atoms with Crippen LogP contribution in [0.25, 0.3) is 0 Å². The van der Waals surface area contributed by atoms with Crippen molar-refractivity contribution in [2.24, 2.45) is 0 Å². The molecule has 3 nitrogen and oxygen atoms in total. The molecule has 1 aromatic rings. The molecule has 2 rings (SSSR count). The van der Waals surface area contributed by atoms with Gasteiger partial charge in [-0.05, 0) is 18.2 Å². The average Bonchev–Trinajstić information content (AvgIpc) is 2.23. The van der Waals surface area contributed by atoms with Gasteiger partial charge < -0.3 is 9.80 Å². The van der Waals surface area contributed by atoms with Crippen molar-refractivity contribution in [2.45, 2.75) is 0 Å². The summed E-state index contributed by atoms with van der Waals surface area (Å²) in [6.45, 7) is 1.08. The first kappa shape index (κ1) is 11.8. The van der Waals surface area contributed by atoms with Gasteiger partial charge in [-0.1, -0.05) is 15.9 Å². The highest BCUT2D eigenvalue weighted by Crippen LogP contribution is 2.34. The van der Waals surface area contributed by atoms with E-state index in [9.17, 15) is 4.79 Å². The van der Waals surface area contributed by atoms with Gasteiger partial charge in [0.2, 0.25) is 5.91 Å². The molecule has 1 aliphatic heterocycles. The van der Waals surface area contributed by atoms with E-state index in [-0.39, 0.29) is 5.91 Å². The van der Waals surface area contributed by atoms with Gasteiger partial charge in [-0.3, -0.25) is 4.79 Å². The van der Waals surface area contributed by atoms with Gasteiger partial charge in [0.25, 0.3) is 0 Å². The third-order valence-electron chi connectivity index (χ3n) is 2.64. The van der Waals surface area contributed by atoms with Gasteiger partial charge >= 0.3 is 0 Å². The Morgan fingerprint density at radius 2 is 2.19 bits per heavy atom. The van der Waals surface area contributed by atoms with Crippen LogP contribution >= 0.6 is 28.6 Å². The minimum absolute atomic E-state index is 0.127. The number of hydrogen-bond donors (Lipinski definition) is 1. The summed E-state index contributed by atoms with van der Waals surface area (Å²) in [5.41, 5.74) is 2.05. The van der Waals surface area contributed by atoms with Gasteiger partial charge in [-0.2, -0.15) is 12.6 Å². The Bertz CT molecular complexity index is 424. The van der Waals surface area contributed by atoms with Crippen molar-refractivity contribution in [3.05, 3.63) is 22.7 Å². The summed E-state index contributed by atoms with van der Waals surface area (Å²) in [6, 6.07) is 5.99. The minimum Gasteiger partial charge on any atom is -0.364 e. The summed E-state index contributed by atoms with van der Waals surface area (Å²) in [5.74, 6) is 0.795. The maximum atomic E-state index is 11.9. The summed E-state index contributed by atoms with van der Waals surface area (Å²) in [7, 11) is 1.93. The smallest absolute Gasteiger partial charge is 0.246 e. The molecule has 0 atom stereocenters. The number of fused-ring (bicyclic) bond motifs is 1. The SMILES string of the molecule is CN1CC(=O)N(CCS)c2cc(Br)ccc21. The van der Waals surface area contributed by atoms with E-state index in [1.807, 2.05) is 30.1 Å². The second-order valence-corrected chi connectivity index (χ2v) is 5.12. The second kappa shape index (κ2) is 4.67. The van der Waals surface area contributed by atoms with Crippen molar-refractivity contribution < 1.29 is 4.79 Å². The van der Waals surface area contributed by atoms with Crippen LogP contribution in [0.15, 0.2) is 22.7 Å². The van der Waals surface area contributed by atoms with Gasteiger partial charge in [-0.15, -0.1) is 0 Å². The van der Waals surface area contributed by atoms with Crippen molar-refractivity contribution in [3.8, 4) is 0 Å². The lowest BCUT2D eigenvalue weighted by Gasteiger charge is -2.35. The summed E-state index contributed by atoms with van der Waals surface area (Å²) in [6.07, 6.45) is 0. The van der Waals surface area contributed by atoms with Gasteiger partial charge in [0.1, 0.15) is 0 Å². The van der Waals surface area contributed by atoms with Crippen LogP contribution < -0.4 is 9.80 Å². The van der Waals surface area contributed by atoms with Crippen LogP contribution in [-0.2, 0) is 4.79 Å². The van der Waals surface area contributed by atoms with E-state index in [0.29, 0.717) is 18.8 Å². The number of hydrogen-bond acceptors (Lipinski definition) is 3. The Labute approximate surface area is 109 Å². The first-order valence-corrected chi connectivity index (χ1v) is 6.48. The third kappa shape index (κ3) is 2.06.